The average Bonchev–Trinajstić information content (AvgIpc) is 3.28. The van der Waals surface area contributed by atoms with Gasteiger partial charge in [0, 0.05) is 29.4 Å². The maximum atomic E-state index is 12.7. The molecule has 30 heavy (non-hydrogen) atoms. The second-order valence-corrected chi connectivity index (χ2v) is 9.49. The smallest absolute Gasteiger partial charge is 0.240 e. The summed E-state index contributed by atoms with van der Waals surface area (Å²) in [5.74, 6) is 1.29. The molecule has 4 rings (SSSR count). The summed E-state index contributed by atoms with van der Waals surface area (Å²) >= 11 is 1.62. The fraction of sp³-hybridized carbons (Fsp3) is 0.0870. The lowest BCUT2D eigenvalue weighted by Gasteiger charge is -2.09. The average molecular weight is 437 g/mol. The van der Waals surface area contributed by atoms with Crippen LogP contribution < -0.4 is 9.46 Å². The Morgan fingerprint density at radius 1 is 0.967 bits per heavy atom. The summed E-state index contributed by atoms with van der Waals surface area (Å²) in [6.07, 6.45) is 3.44. The minimum atomic E-state index is -3.65. The maximum absolute atomic E-state index is 12.7. The summed E-state index contributed by atoms with van der Waals surface area (Å²) in [4.78, 5) is 5.50. The summed E-state index contributed by atoms with van der Waals surface area (Å²) in [7, 11) is -3.65. The molecule has 0 unspecified atom stereocenters. The molecule has 0 saturated carbocycles. The summed E-state index contributed by atoms with van der Waals surface area (Å²) in [6, 6.07) is 20.0. The third-order valence-corrected chi connectivity index (χ3v) is 6.76. The van der Waals surface area contributed by atoms with Crippen molar-refractivity contribution in [1.29, 1.82) is 0 Å². The van der Waals surface area contributed by atoms with Crippen LogP contribution in [-0.2, 0) is 16.6 Å². The van der Waals surface area contributed by atoms with Gasteiger partial charge in [-0.05, 0) is 72.0 Å². The molecule has 0 aliphatic carbocycles. The number of benzene rings is 2. The highest BCUT2D eigenvalue weighted by Gasteiger charge is 2.14. The molecule has 0 amide bonds. The molecule has 152 valence electrons. The van der Waals surface area contributed by atoms with Crippen LogP contribution in [0.15, 0.2) is 89.4 Å². The van der Waals surface area contributed by atoms with Crippen LogP contribution in [0.3, 0.4) is 0 Å². The number of sulfonamides is 1. The Labute approximate surface area is 180 Å². The molecule has 0 atom stereocenters. The summed E-state index contributed by atoms with van der Waals surface area (Å²) in [5.41, 5.74) is 2.86. The summed E-state index contributed by atoms with van der Waals surface area (Å²) < 4.78 is 33.7. The SMILES string of the molecule is Cc1cccc(Oc2ccc(S(=O)(=O)NCc3cncc(-c4cccs4)c3)cc2)c1. The van der Waals surface area contributed by atoms with Gasteiger partial charge in [0.2, 0.25) is 10.0 Å². The summed E-state index contributed by atoms with van der Waals surface area (Å²) in [5, 5.41) is 2.00. The lowest BCUT2D eigenvalue weighted by molar-refractivity contribution is 0.481. The van der Waals surface area contributed by atoms with Gasteiger partial charge in [0.25, 0.3) is 0 Å². The van der Waals surface area contributed by atoms with Gasteiger partial charge in [0.1, 0.15) is 11.5 Å². The van der Waals surface area contributed by atoms with E-state index in [4.69, 9.17) is 4.74 Å². The molecular formula is C23H20N2O3S2. The van der Waals surface area contributed by atoms with E-state index in [2.05, 4.69) is 9.71 Å². The Balaban J connectivity index is 1.43. The molecule has 7 heteroatoms. The quantitative estimate of drug-likeness (QED) is 0.422. The predicted molar refractivity (Wildman–Crippen MR) is 119 cm³/mol. The molecule has 0 bridgehead atoms. The highest BCUT2D eigenvalue weighted by atomic mass is 32.2. The Hall–Kier alpha value is -3.00. The number of hydrogen-bond acceptors (Lipinski definition) is 5. The van der Waals surface area contributed by atoms with Gasteiger partial charge in [0.05, 0.1) is 4.90 Å². The number of aryl methyl sites for hydroxylation is 1. The van der Waals surface area contributed by atoms with Gasteiger partial charge in [-0.1, -0.05) is 18.2 Å². The Morgan fingerprint density at radius 3 is 2.53 bits per heavy atom. The van der Waals surface area contributed by atoms with E-state index in [9.17, 15) is 8.42 Å². The zero-order chi connectivity index (χ0) is 21.0. The Morgan fingerprint density at radius 2 is 1.80 bits per heavy atom. The zero-order valence-corrected chi connectivity index (χ0v) is 17.9. The van der Waals surface area contributed by atoms with E-state index in [0.717, 1.165) is 21.6 Å². The first kappa shape index (κ1) is 20.3. The van der Waals surface area contributed by atoms with E-state index in [1.54, 1.807) is 35.9 Å². The molecule has 0 aliphatic heterocycles. The minimum Gasteiger partial charge on any atom is -0.457 e. The van der Waals surface area contributed by atoms with E-state index in [-0.39, 0.29) is 11.4 Å². The first-order valence-corrected chi connectivity index (χ1v) is 11.7. The normalized spacial score (nSPS) is 11.4. The molecule has 0 aliphatic rings. The van der Waals surface area contributed by atoms with Crippen LogP contribution in [0.5, 0.6) is 11.5 Å². The molecule has 0 saturated heterocycles. The van der Waals surface area contributed by atoms with Crippen molar-refractivity contribution < 1.29 is 13.2 Å². The van der Waals surface area contributed by atoms with E-state index in [1.807, 2.05) is 54.8 Å². The molecule has 1 N–H and O–H groups in total. The van der Waals surface area contributed by atoms with Gasteiger partial charge < -0.3 is 4.74 Å². The fourth-order valence-electron chi connectivity index (χ4n) is 2.93. The molecule has 0 fully saturated rings. The fourth-order valence-corrected chi connectivity index (χ4v) is 4.65. The summed E-state index contributed by atoms with van der Waals surface area (Å²) in [6.45, 7) is 2.15. The molecule has 2 heterocycles. The first-order chi connectivity index (χ1) is 14.5. The third-order valence-electron chi connectivity index (χ3n) is 4.43. The Bertz CT molecular complexity index is 1240. The predicted octanol–water partition coefficient (Wildman–Crippen LogP) is 5.39. The molecular weight excluding hydrogens is 416 g/mol. The van der Waals surface area contributed by atoms with Gasteiger partial charge in [-0.15, -0.1) is 11.3 Å². The van der Waals surface area contributed by atoms with E-state index in [0.29, 0.717) is 11.5 Å². The monoisotopic (exact) mass is 436 g/mol. The topological polar surface area (TPSA) is 68.3 Å². The molecule has 2 aromatic heterocycles. The maximum Gasteiger partial charge on any atom is 0.240 e. The second kappa shape index (κ2) is 8.79. The van der Waals surface area contributed by atoms with Gasteiger partial charge in [-0.2, -0.15) is 0 Å². The number of pyridine rings is 1. The number of aromatic nitrogens is 1. The number of nitrogens with zero attached hydrogens (tertiary/aromatic N) is 1. The van der Waals surface area contributed by atoms with Crippen molar-refractivity contribution in [2.24, 2.45) is 0 Å². The highest BCUT2D eigenvalue weighted by Crippen LogP contribution is 2.25. The third kappa shape index (κ3) is 4.94. The molecule has 0 radical (unpaired) electrons. The standard InChI is InChI=1S/C23H20N2O3S2/c1-17-4-2-5-21(12-17)28-20-7-9-22(10-8-20)30(26,27)25-15-18-13-19(16-24-14-18)23-6-3-11-29-23/h2-14,16,25H,15H2,1H3. The molecule has 0 spiro atoms. The van der Waals surface area contributed by atoms with Gasteiger partial charge in [-0.3, -0.25) is 4.98 Å². The van der Waals surface area contributed by atoms with E-state index in [1.165, 1.54) is 12.1 Å². The number of rotatable bonds is 7. The largest absolute Gasteiger partial charge is 0.457 e. The van der Waals surface area contributed by atoms with Crippen molar-refractivity contribution >= 4 is 21.4 Å². The molecule has 5 nitrogen and oxygen atoms in total. The van der Waals surface area contributed by atoms with Gasteiger partial charge in [-0.25, -0.2) is 13.1 Å². The molecule has 4 aromatic rings. The van der Waals surface area contributed by atoms with Crippen LogP contribution in [0.1, 0.15) is 11.1 Å². The van der Waals surface area contributed by atoms with Crippen LogP contribution in [0, 0.1) is 6.92 Å². The van der Waals surface area contributed by atoms with Crippen LogP contribution in [0.4, 0.5) is 0 Å². The van der Waals surface area contributed by atoms with Crippen LogP contribution in [0.25, 0.3) is 10.4 Å². The van der Waals surface area contributed by atoms with Crippen molar-refractivity contribution in [3.05, 3.63) is 95.6 Å². The minimum absolute atomic E-state index is 0.163. The lowest BCUT2D eigenvalue weighted by Crippen LogP contribution is -2.23. The van der Waals surface area contributed by atoms with Crippen molar-refractivity contribution in [3.8, 4) is 21.9 Å². The molecule has 2 aromatic carbocycles. The van der Waals surface area contributed by atoms with Crippen molar-refractivity contribution in [2.75, 3.05) is 0 Å². The van der Waals surface area contributed by atoms with Crippen molar-refractivity contribution in [3.63, 3.8) is 0 Å². The zero-order valence-electron chi connectivity index (χ0n) is 16.3. The number of hydrogen-bond donors (Lipinski definition) is 1. The Kier molecular flexibility index (Phi) is 5.94. The number of ether oxygens (including phenoxy) is 1. The van der Waals surface area contributed by atoms with Gasteiger partial charge in [0.15, 0.2) is 0 Å². The van der Waals surface area contributed by atoms with Gasteiger partial charge >= 0.3 is 0 Å². The lowest BCUT2D eigenvalue weighted by atomic mass is 10.2. The number of nitrogens with one attached hydrogen (secondary N) is 1. The first-order valence-electron chi connectivity index (χ1n) is 9.32. The second-order valence-electron chi connectivity index (χ2n) is 6.77. The number of thiophene rings is 1. The van der Waals surface area contributed by atoms with Crippen LogP contribution >= 0.6 is 11.3 Å². The van der Waals surface area contributed by atoms with E-state index < -0.39 is 10.0 Å². The van der Waals surface area contributed by atoms with E-state index >= 15 is 0 Å². The highest BCUT2D eigenvalue weighted by molar-refractivity contribution is 7.89. The van der Waals surface area contributed by atoms with Crippen LogP contribution in [0.2, 0.25) is 0 Å². The van der Waals surface area contributed by atoms with Crippen LogP contribution in [-0.4, -0.2) is 13.4 Å². The van der Waals surface area contributed by atoms with Crippen molar-refractivity contribution in [2.45, 2.75) is 18.4 Å². The van der Waals surface area contributed by atoms with Crippen molar-refractivity contribution in [1.82, 2.24) is 9.71 Å².